The Labute approximate surface area is 125 Å². The number of aryl methyl sites for hydroxylation is 1. The first-order valence-electron chi connectivity index (χ1n) is 7.72. The predicted octanol–water partition coefficient (Wildman–Crippen LogP) is 2.92. The van der Waals surface area contributed by atoms with Crippen LogP contribution in [0.25, 0.3) is 10.8 Å². The summed E-state index contributed by atoms with van der Waals surface area (Å²) in [4.78, 5) is 12.4. The summed E-state index contributed by atoms with van der Waals surface area (Å²) in [5.74, 6) is 0.830. The first-order chi connectivity index (χ1) is 10.3. The summed E-state index contributed by atoms with van der Waals surface area (Å²) in [6, 6.07) is 7.66. The highest BCUT2D eigenvalue weighted by molar-refractivity contribution is 5.82. The van der Waals surface area contributed by atoms with Crippen LogP contribution in [0.2, 0.25) is 0 Å². The number of nitrogens with zero attached hydrogens (tertiary/aromatic N) is 1. The van der Waals surface area contributed by atoms with E-state index in [2.05, 4.69) is 6.92 Å². The van der Waals surface area contributed by atoms with E-state index in [4.69, 9.17) is 10.5 Å². The number of aromatic nitrogens is 1. The first kappa shape index (κ1) is 15.6. The van der Waals surface area contributed by atoms with Gasteiger partial charge in [-0.2, -0.15) is 0 Å². The zero-order chi connectivity index (χ0) is 15.1. The van der Waals surface area contributed by atoms with Crippen molar-refractivity contribution in [3.05, 3.63) is 40.8 Å². The Bertz CT molecular complexity index is 634. The van der Waals surface area contributed by atoms with Gasteiger partial charge in [0.15, 0.2) is 0 Å². The van der Waals surface area contributed by atoms with Gasteiger partial charge in [-0.1, -0.05) is 13.3 Å². The van der Waals surface area contributed by atoms with E-state index >= 15 is 0 Å². The molecule has 2 N–H and O–H groups in total. The lowest BCUT2D eigenvalue weighted by molar-refractivity contribution is 0.310. The van der Waals surface area contributed by atoms with Gasteiger partial charge in [-0.05, 0) is 55.5 Å². The summed E-state index contributed by atoms with van der Waals surface area (Å²) in [7, 11) is 0. The van der Waals surface area contributed by atoms with Crippen LogP contribution >= 0.6 is 0 Å². The molecule has 2 rings (SSSR count). The van der Waals surface area contributed by atoms with E-state index in [-0.39, 0.29) is 5.56 Å². The zero-order valence-electron chi connectivity index (χ0n) is 12.7. The molecule has 114 valence electrons. The molecule has 0 aliphatic rings. The number of benzene rings is 1. The molecular weight excluding hydrogens is 264 g/mol. The Morgan fingerprint density at radius 3 is 2.81 bits per heavy atom. The van der Waals surface area contributed by atoms with Gasteiger partial charge in [-0.3, -0.25) is 4.79 Å². The third-order valence-corrected chi connectivity index (χ3v) is 3.57. The number of hydrogen-bond acceptors (Lipinski definition) is 3. The lowest BCUT2D eigenvalue weighted by Gasteiger charge is -2.09. The molecule has 0 fully saturated rings. The molecule has 0 saturated carbocycles. The number of pyridine rings is 1. The second-order valence-electron chi connectivity index (χ2n) is 5.26. The fraction of sp³-hybridized carbons (Fsp3) is 0.471. The number of rotatable bonds is 8. The molecule has 0 radical (unpaired) electrons. The van der Waals surface area contributed by atoms with Crippen molar-refractivity contribution in [1.82, 2.24) is 4.57 Å². The number of fused-ring (bicyclic) bond motifs is 1. The fourth-order valence-electron chi connectivity index (χ4n) is 2.29. The van der Waals surface area contributed by atoms with Crippen LogP contribution in [0.4, 0.5) is 0 Å². The second kappa shape index (κ2) is 7.84. The standard InChI is InChI=1S/C17H24N2O2/c1-2-3-12-21-15-6-7-16-14(13-15)8-11-19(17(16)20)10-5-4-9-18/h6-8,11,13H,2-5,9-10,12,18H2,1H3. The number of nitrogens with two attached hydrogens (primary N) is 1. The van der Waals surface area contributed by atoms with Crippen LogP contribution in [0, 0.1) is 0 Å². The van der Waals surface area contributed by atoms with Gasteiger partial charge in [-0.25, -0.2) is 0 Å². The highest BCUT2D eigenvalue weighted by Gasteiger charge is 2.04. The summed E-state index contributed by atoms with van der Waals surface area (Å²) in [6.07, 6.45) is 5.88. The van der Waals surface area contributed by atoms with Crippen molar-refractivity contribution in [3.8, 4) is 5.75 Å². The highest BCUT2D eigenvalue weighted by atomic mass is 16.5. The maximum Gasteiger partial charge on any atom is 0.258 e. The molecule has 0 aliphatic heterocycles. The van der Waals surface area contributed by atoms with E-state index in [0.717, 1.165) is 55.4 Å². The maximum atomic E-state index is 12.4. The molecule has 4 nitrogen and oxygen atoms in total. The minimum Gasteiger partial charge on any atom is -0.494 e. The van der Waals surface area contributed by atoms with Crippen LogP contribution < -0.4 is 16.0 Å². The zero-order valence-corrected chi connectivity index (χ0v) is 12.7. The SMILES string of the molecule is CCCCOc1ccc2c(=O)n(CCCCN)ccc2c1. The van der Waals surface area contributed by atoms with E-state index < -0.39 is 0 Å². The smallest absolute Gasteiger partial charge is 0.258 e. The van der Waals surface area contributed by atoms with Gasteiger partial charge < -0.3 is 15.0 Å². The van der Waals surface area contributed by atoms with Gasteiger partial charge in [0, 0.05) is 18.1 Å². The van der Waals surface area contributed by atoms with Gasteiger partial charge >= 0.3 is 0 Å². The number of hydrogen-bond donors (Lipinski definition) is 1. The van der Waals surface area contributed by atoms with Crippen LogP contribution in [0.3, 0.4) is 0 Å². The maximum absolute atomic E-state index is 12.4. The molecule has 4 heteroatoms. The largest absolute Gasteiger partial charge is 0.494 e. The third kappa shape index (κ3) is 4.08. The summed E-state index contributed by atoms with van der Waals surface area (Å²) < 4.78 is 7.44. The average molecular weight is 288 g/mol. The third-order valence-electron chi connectivity index (χ3n) is 3.57. The Hall–Kier alpha value is -1.81. The van der Waals surface area contributed by atoms with Gasteiger partial charge in [0.1, 0.15) is 5.75 Å². The summed E-state index contributed by atoms with van der Waals surface area (Å²) in [5.41, 5.74) is 5.55. The van der Waals surface area contributed by atoms with Gasteiger partial charge in [0.05, 0.1) is 6.61 Å². The lowest BCUT2D eigenvalue weighted by atomic mass is 10.1. The Morgan fingerprint density at radius 2 is 2.05 bits per heavy atom. The topological polar surface area (TPSA) is 57.2 Å². The molecule has 0 saturated heterocycles. The van der Waals surface area contributed by atoms with E-state index in [9.17, 15) is 4.79 Å². The van der Waals surface area contributed by atoms with Crippen LogP contribution in [-0.4, -0.2) is 17.7 Å². The van der Waals surface area contributed by atoms with Crippen molar-refractivity contribution >= 4 is 10.8 Å². The molecule has 0 unspecified atom stereocenters. The molecule has 1 aromatic heterocycles. The van der Waals surface area contributed by atoms with Crippen molar-refractivity contribution in [2.45, 2.75) is 39.2 Å². The minimum absolute atomic E-state index is 0.0598. The van der Waals surface area contributed by atoms with Gasteiger partial charge in [0.2, 0.25) is 0 Å². The van der Waals surface area contributed by atoms with Crippen molar-refractivity contribution in [3.63, 3.8) is 0 Å². The average Bonchev–Trinajstić information content (AvgIpc) is 2.50. The number of unbranched alkanes of at least 4 members (excludes halogenated alkanes) is 2. The molecule has 0 bridgehead atoms. The summed E-state index contributed by atoms with van der Waals surface area (Å²) in [6.45, 7) is 4.25. The Balaban J connectivity index is 2.18. The normalized spacial score (nSPS) is 11.0. The molecule has 1 aromatic carbocycles. The van der Waals surface area contributed by atoms with E-state index in [1.54, 1.807) is 4.57 Å². The molecule has 0 aliphatic carbocycles. The second-order valence-corrected chi connectivity index (χ2v) is 5.26. The molecule has 2 aromatic rings. The molecular formula is C17H24N2O2. The van der Waals surface area contributed by atoms with Crippen LogP contribution in [0.15, 0.2) is 35.3 Å². The molecule has 0 amide bonds. The van der Waals surface area contributed by atoms with Gasteiger partial charge in [0.25, 0.3) is 5.56 Å². The molecule has 1 heterocycles. The first-order valence-corrected chi connectivity index (χ1v) is 7.72. The van der Waals surface area contributed by atoms with Gasteiger partial charge in [-0.15, -0.1) is 0 Å². The van der Waals surface area contributed by atoms with Crippen molar-refractivity contribution in [1.29, 1.82) is 0 Å². The predicted molar refractivity (Wildman–Crippen MR) is 86.9 cm³/mol. The van der Waals surface area contributed by atoms with Crippen molar-refractivity contribution in [2.75, 3.05) is 13.2 Å². The summed E-state index contributed by atoms with van der Waals surface area (Å²) >= 11 is 0. The molecule has 0 atom stereocenters. The van der Waals surface area contributed by atoms with E-state index in [1.165, 1.54) is 0 Å². The monoisotopic (exact) mass is 288 g/mol. The molecule has 0 spiro atoms. The van der Waals surface area contributed by atoms with E-state index in [1.807, 2.05) is 30.5 Å². The fourth-order valence-corrected chi connectivity index (χ4v) is 2.29. The molecule has 21 heavy (non-hydrogen) atoms. The van der Waals surface area contributed by atoms with Crippen LogP contribution in [0.5, 0.6) is 5.75 Å². The highest BCUT2D eigenvalue weighted by Crippen LogP contribution is 2.18. The Kier molecular flexibility index (Phi) is 5.81. The van der Waals surface area contributed by atoms with Crippen molar-refractivity contribution < 1.29 is 4.74 Å². The van der Waals surface area contributed by atoms with Crippen LogP contribution in [0.1, 0.15) is 32.6 Å². The van der Waals surface area contributed by atoms with E-state index in [0.29, 0.717) is 6.54 Å². The number of ether oxygens (including phenoxy) is 1. The van der Waals surface area contributed by atoms with Crippen LogP contribution in [-0.2, 0) is 6.54 Å². The van der Waals surface area contributed by atoms with Crippen molar-refractivity contribution in [2.24, 2.45) is 5.73 Å². The quantitative estimate of drug-likeness (QED) is 0.760. The summed E-state index contributed by atoms with van der Waals surface area (Å²) in [5, 5.41) is 1.68. The Morgan fingerprint density at radius 1 is 1.19 bits per heavy atom. The minimum atomic E-state index is 0.0598. The lowest BCUT2D eigenvalue weighted by Crippen LogP contribution is -2.20.